The van der Waals surface area contributed by atoms with Crippen molar-refractivity contribution in [1.29, 1.82) is 0 Å². The van der Waals surface area contributed by atoms with Crippen molar-refractivity contribution in [2.24, 2.45) is 11.7 Å². The number of hydrogen-bond donors (Lipinski definition) is 2. The molecule has 0 radical (unpaired) electrons. The van der Waals surface area contributed by atoms with E-state index in [0.29, 0.717) is 13.0 Å². The number of hydrogen-bond acceptors (Lipinski definition) is 3. The molecule has 0 aliphatic carbocycles. The van der Waals surface area contributed by atoms with E-state index in [9.17, 15) is 9.59 Å². The fourth-order valence-electron chi connectivity index (χ4n) is 1.70. The normalized spacial score (nSPS) is 12.2. The van der Waals surface area contributed by atoms with E-state index in [0.717, 1.165) is 45.1 Å². The molecule has 0 aromatic heterocycles. The van der Waals surface area contributed by atoms with Gasteiger partial charge >= 0.3 is 0 Å². The molecule has 0 bridgehead atoms. The lowest BCUT2D eigenvalue weighted by Gasteiger charge is -2.08. The third kappa shape index (κ3) is 10.3. The van der Waals surface area contributed by atoms with Crippen LogP contribution in [-0.2, 0) is 9.59 Å². The predicted octanol–water partition coefficient (Wildman–Crippen LogP) is 2.02. The van der Waals surface area contributed by atoms with Crippen LogP contribution in [0.5, 0.6) is 0 Å². The van der Waals surface area contributed by atoms with Crippen LogP contribution >= 0.6 is 0 Å². The highest BCUT2D eigenvalue weighted by atomic mass is 16.1. The minimum Gasteiger partial charge on any atom is -0.356 e. The summed E-state index contributed by atoms with van der Waals surface area (Å²) in [5.41, 5.74) is 5.38. The summed E-state index contributed by atoms with van der Waals surface area (Å²) in [6, 6.07) is 0. The highest BCUT2D eigenvalue weighted by molar-refractivity contribution is 5.77. The Morgan fingerprint density at radius 3 is 2.44 bits per heavy atom. The minimum atomic E-state index is 0.131. The highest BCUT2D eigenvalue weighted by Crippen LogP contribution is 2.08. The molecule has 0 spiro atoms. The average molecular weight is 256 g/mol. The van der Waals surface area contributed by atoms with Gasteiger partial charge in [-0.1, -0.05) is 19.8 Å². The number of Topliss-reactive ketones (excluding diaryl/α,β-unsaturated/α-hetero) is 1. The third-order valence-electron chi connectivity index (χ3n) is 3.19. The van der Waals surface area contributed by atoms with E-state index in [1.807, 2.05) is 6.92 Å². The molecule has 0 saturated carbocycles. The molecule has 1 atom stereocenters. The highest BCUT2D eigenvalue weighted by Gasteiger charge is 2.06. The van der Waals surface area contributed by atoms with Gasteiger partial charge < -0.3 is 11.1 Å². The van der Waals surface area contributed by atoms with E-state index in [4.69, 9.17) is 5.73 Å². The van der Waals surface area contributed by atoms with Gasteiger partial charge in [-0.15, -0.1) is 0 Å². The van der Waals surface area contributed by atoms with Crippen LogP contribution in [0.1, 0.15) is 58.8 Å². The number of ketones is 1. The van der Waals surface area contributed by atoms with Crippen LogP contribution in [0.25, 0.3) is 0 Å². The molecule has 4 nitrogen and oxygen atoms in total. The lowest BCUT2D eigenvalue weighted by atomic mass is 10.0. The Morgan fingerprint density at radius 2 is 1.83 bits per heavy atom. The second-order valence-corrected chi connectivity index (χ2v) is 4.96. The quantitative estimate of drug-likeness (QED) is 0.555. The molecule has 3 N–H and O–H groups in total. The van der Waals surface area contributed by atoms with E-state index in [-0.39, 0.29) is 17.6 Å². The van der Waals surface area contributed by atoms with E-state index in [1.165, 1.54) is 0 Å². The van der Waals surface area contributed by atoms with Crippen LogP contribution in [-0.4, -0.2) is 24.8 Å². The maximum Gasteiger partial charge on any atom is 0.219 e. The van der Waals surface area contributed by atoms with Crippen LogP contribution in [0.15, 0.2) is 0 Å². The molecule has 0 aromatic rings. The van der Waals surface area contributed by atoms with Crippen molar-refractivity contribution < 1.29 is 9.59 Å². The first-order valence-electron chi connectivity index (χ1n) is 7.05. The molecule has 18 heavy (non-hydrogen) atoms. The maximum atomic E-state index is 11.4. The number of nitrogens with one attached hydrogen (secondary N) is 1. The van der Waals surface area contributed by atoms with Gasteiger partial charge in [-0.25, -0.2) is 0 Å². The third-order valence-corrected chi connectivity index (χ3v) is 3.19. The Balaban J connectivity index is 3.32. The van der Waals surface area contributed by atoms with Gasteiger partial charge in [-0.2, -0.15) is 0 Å². The molecule has 0 rings (SSSR count). The van der Waals surface area contributed by atoms with Gasteiger partial charge in [0.2, 0.25) is 5.91 Å². The number of carbonyl (C=O) groups is 2. The van der Waals surface area contributed by atoms with Gasteiger partial charge in [-0.3, -0.25) is 9.59 Å². The molecule has 0 heterocycles. The summed E-state index contributed by atoms with van der Waals surface area (Å²) in [6.45, 7) is 5.02. The summed E-state index contributed by atoms with van der Waals surface area (Å²) in [4.78, 5) is 22.4. The Morgan fingerprint density at radius 1 is 1.11 bits per heavy atom. The first kappa shape index (κ1) is 17.1. The molecular formula is C14H28N2O2. The van der Waals surface area contributed by atoms with Crippen molar-refractivity contribution in [1.82, 2.24) is 5.32 Å². The summed E-state index contributed by atoms with van der Waals surface area (Å²) in [6.07, 6.45) is 6.41. The SMILES string of the molecule is CC(=O)C(C)CCCCNC(=O)CCCCCN. The van der Waals surface area contributed by atoms with Gasteiger partial charge in [0.1, 0.15) is 5.78 Å². The number of unbranched alkanes of at least 4 members (excludes halogenated alkanes) is 3. The summed E-state index contributed by atoms with van der Waals surface area (Å²) < 4.78 is 0. The fraction of sp³-hybridized carbons (Fsp3) is 0.857. The lowest BCUT2D eigenvalue weighted by Crippen LogP contribution is -2.24. The smallest absolute Gasteiger partial charge is 0.219 e. The second kappa shape index (κ2) is 11.2. The summed E-state index contributed by atoms with van der Waals surface area (Å²) in [5.74, 6) is 0.530. The zero-order valence-electron chi connectivity index (χ0n) is 11.8. The molecule has 0 aromatic carbocycles. The molecule has 106 valence electrons. The van der Waals surface area contributed by atoms with Crippen LogP contribution in [0, 0.1) is 5.92 Å². The first-order valence-corrected chi connectivity index (χ1v) is 7.05. The molecule has 0 fully saturated rings. The number of amides is 1. The van der Waals surface area contributed by atoms with Crippen LogP contribution in [0.2, 0.25) is 0 Å². The first-order chi connectivity index (χ1) is 8.57. The average Bonchev–Trinajstić information content (AvgIpc) is 2.33. The summed E-state index contributed by atoms with van der Waals surface area (Å²) >= 11 is 0. The Labute approximate surface area is 111 Å². The lowest BCUT2D eigenvalue weighted by molar-refractivity contribution is -0.122. The standard InChI is InChI=1S/C14H28N2O2/c1-12(13(2)17)8-5-7-11-16-14(18)9-4-3-6-10-15/h12H,3-11,15H2,1-2H3,(H,16,18). The van der Waals surface area contributed by atoms with Crippen molar-refractivity contribution in [3.63, 3.8) is 0 Å². The van der Waals surface area contributed by atoms with Crippen molar-refractivity contribution in [2.45, 2.75) is 58.8 Å². The van der Waals surface area contributed by atoms with Crippen molar-refractivity contribution in [2.75, 3.05) is 13.1 Å². The summed E-state index contributed by atoms with van der Waals surface area (Å²) in [5, 5.41) is 2.91. The van der Waals surface area contributed by atoms with Crippen LogP contribution < -0.4 is 11.1 Å². The van der Waals surface area contributed by atoms with Crippen LogP contribution in [0.4, 0.5) is 0 Å². The molecule has 0 aliphatic heterocycles. The Bertz CT molecular complexity index is 242. The van der Waals surface area contributed by atoms with Crippen molar-refractivity contribution in [3.8, 4) is 0 Å². The molecular weight excluding hydrogens is 228 g/mol. The van der Waals surface area contributed by atoms with Crippen LogP contribution in [0.3, 0.4) is 0 Å². The van der Waals surface area contributed by atoms with Crippen molar-refractivity contribution in [3.05, 3.63) is 0 Å². The largest absolute Gasteiger partial charge is 0.356 e. The second-order valence-electron chi connectivity index (χ2n) is 4.96. The van der Waals surface area contributed by atoms with Gasteiger partial charge in [0, 0.05) is 18.9 Å². The predicted molar refractivity (Wildman–Crippen MR) is 74.2 cm³/mol. The Hall–Kier alpha value is -0.900. The van der Waals surface area contributed by atoms with Gasteiger partial charge in [-0.05, 0) is 39.2 Å². The molecule has 0 aliphatic rings. The Kier molecular flexibility index (Phi) is 10.6. The molecule has 0 saturated heterocycles. The number of rotatable bonds is 11. The zero-order valence-corrected chi connectivity index (χ0v) is 11.8. The fourth-order valence-corrected chi connectivity index (χ4v) is 1.70. The zero-order chi connectivity index (χ0) is 13.8. The van der Waals surface area contributed by atoms with E-state index in [2.05, 4.69) is 5.32 Å². The molecule has 1 unspecified atom stereocenters. The maximum absolute atomic E-state index is 11.4. The molecule has 1 amide bonds. The summed E-state index contributed by atoms with van der Waals surface area (Å²) in [7, 11) is 0. The topological polar surface area (TPSA) is 72.2 Å². The number of nitrogens with two attached hydrogens (primary N) is 1. The molecule has 4 heteroatoms. The van der Waals surface area contributed by atoms with Crippen molar-refractivity contribution >= 4 is 11.7 Å². The van der Waals surface area contributed by atoms with E-state index >= 15 is 0 Å². The minimum absolute atomic E-state index is 0.131. The monoisotopic (exact) mass is 256 g/mol. The van der Waals surface area contributed by atoms with Gasteiger partial charge in [0.15, 0.2) is 0 Å². The number of carbonyl (C=O) groups excluding carboxylic acids is 2. The van der Waals surface area contributed by atoms with Gasteiger partial charge in [0.05, 0.1) is 0 Å². The van der Waals surface area contributed by atoms with E-state index < -0.39 is 0 Å². The van der Waals surface area contributed by atoms with Gasteiger partial charge in [0.25, 0.3) is 0 Å². The van der Waals surface area contributed by atoms with E-state index in [1.54, 1.807) is 6.92 Å².